The number of hydrogen-bond acceptors (Lipinski definition) is 2. The fourth-order valence-corrected chi connectivity index (χ4v) is 4.09. The van der Waals surface area contributed by atoms with Crippen molar-refractivity contribution in [2.24, 2.45) is 11.8 Å². The SMILES string of the molecule is CCNCC1(OC2CCCCC2CC)CCC(C)CC1. The lowest BCUT2D eigenvalue weighted by molar-refractivity contribution is -0.144. The van der Waals surface area contributed by atoms with Crippen LogP contribution in [-0.4, -0.2) is 24.8 Å². The van der Waals surface area contributed by atoms with Crippen LogP contribution in [0.15, 0.2) is 0 Å². The molecule has 2 aliphatic carbocycles. The van der Waals surface area contributed by atoms with Gasteiger partial charge < -0.3 is 10.1 Å². The van der Waals surface area contributed by atoms with Gasteiger partial charge in [-0.15, -0.1) is 0 Å². The summed E-state index contributed by atoms with van der Waals surface area (Å²) in [6.07, 6.45) is 12.5. The summed E-state index contributed by atoms with van der Waals surface area (Å²) < 4.78 is 6.81. The molecule has 0 spiro atoms. The summed E-state index contributed by atoms with van der Waals surface area (Å²) in [6, 6.07) is 0. The molecule has 0 heterocycles. The second-order valence-electron chi connectivity index (χ2n) is 7.25. The smallest absolute Gasteiger partial charge is 0.0810 e. The van der Waals surface area contributed by atoms with Crippen LogP contribution in [-0.2, 0) is 4.74 Å². The summed E-state index contributed by atoms with van der Waals surface area (Å²) in [6.45, 7) is 9.05. The van der Waals surface area contributed by atoms with Gasteiger partial charge in [0.15, 0.2) is 0 Å². The van der Waals surface area contributed by atoms with Crippen molar-refractivity contribution in [3.8, 4) is 0 Å². The molecule has 0 saturated heterocycles. The van der Waals surface area contributed by atoms with Gasteiger partial charge in [0.1, 0.15) is 0 Å². The van der Waals surface area contributed by atoms with E-state index in [0.29, 0.717) is 6.10 Å². The van der Waals surface area contributed by atoms with Crippen molar-refractivity contribution in [3.05, 3.63) is 0 Å². The third kappa shape index (κ3) is 4.21. The van der Waals surface area contributed by atoms with E-state index < -0.39 is 0 Å². The highest BCUT2D eigenvalue weighted by Crippen LogP contribution is 2.39. The average molecular weight is 281 g/mol. The second-order valence-corrected chi connectivity index (χ2v) is 7.25. The van der Waals surface area contributed by atoms with Crippen molar-refractivity contribution in [2.75, 3.05) is 13.1 Å². The molecule has 0 aromatic rings. The Morgan fingerprint density at radius 3 is 2.40 bits per heavy atom. The molecule has 2 rings (SSSR count). The molecule has 0 bridgehead atoms. The largest absolute Gasteiger partial charge is 0.370 e. The molecule has 2 fully saturated rings. The molecule has 0 aliphatic heterocycles. The first-order valence-electron chi connectivity index (χ1n) is 9.07. The van der Waals surface area contributed by atoms with E-state index in [4.69, 9.17) is 4.74 Å². The highest BCUT2D eigenvalue weighted by molar-refractivity contribution is 4.91. The van der Waals surface area contributed by atoms with Crippen molar-refractivity contribution >= 4 is 0 Å². The van der Waals surface area contributed by atoms with Crippen LogP contribution < -0.4 is 5.32 Å². The minimum atomic E-state index is 0.137. The molecule has 0 aromatic carbocycles. The predicted molar refractivity (Wildman–Crippen MR) is 86.0 cm³/mol. The summed E-state index contributed by atoms with van der Waals surface area (Å²) in [5, 5.41) is 3.57. The molecule has 2 saturated carbocycles. The molecule has 20 heavy (non-hydrogen) atoms. The van der Waals surface area contributed by atoms with Crippen LogP contribution in [0.25, 0.3) is 0 Å². The van der Waals surface area contributed by atoms with Crippen molar-refractivity contribution in [2.45, 2.75) is 90.3 Å². The van der Waals surface area contributed by atoms with Gasteiger partial charge in [-0.3, -0.25) is 0 Å². The Morgan fingerprint density at radius 1 is 1.05 bits per heavy atom. The van der Waals surface area contributed by atoms with Gasteiger partial charge in [0.25, 0.3) is 0 Å². The molecular formula is C18H35NO. The Balaban J connectivity index is 1.98. The topological polar surface area (TPSA) is 21.3 Å². The number of hydrogen-bond donors (Lipinski definition) is 1. The van der Waals surface area contributed by atoms with Crippen molar-refractivity contribution in [1.82, 2.24) is 5.32 Å². The van der Waals surface area contributed by atoms with Gasteiger partial charge in [-0.1, -0.05) is 40.0 Å². The van der Waals surface area contributed by atoms with Crippen LogP contribution in [0, 0.1) is 11.8 Å². The molecule has 0 amide bonds. The minimum Gasteiger partial charge on any atom is -0.370 e. The van der Waals surface area contributed by atoms with Crippen molar-refractivity contribution < 1.29 is 4.74 Å². The van der Waals surface area contributed by atoms with E-state index >= 15 is 0 Å². The van der Waals surface area contributed by atoms with E-state index in [1.165, 1.54) is 57.8 Å². The Bertz CT molecular complexity index is 265. The zero-order valence-electron chi connectivity index (χ0n) is 13.9. The molecule has 0 aromatic heterocycles. The summed E-state index contributed by atoms with van der Waals surface area (Å²) in [5.41, 5.74) is 0.137. The van der Waals surface area contributed by atoms with Gasteiger partial charge in [0.05, 0.1) is 11.7 Å². The monoisotopic (exact) mass is 281 g/mol. The highest BCUT2D eigenvalue weighted by atomic mass is 16.5. The van der Waals surface area contributed by atoms with Gasteiger partial charge in [-0.2, -0.15) is 0 Å². The molecule has 2 atom stereocenters. The summed E-state index contributed by atoms with van der Waals surface area (Å²) in [7, 11) is 0. The second kappa shape index (κ2) is 7.79. The number of likely N-dealkylation sites (N-methyl/N-ethyl adjacent to an activating group) is 1. The molecule has 1 N–H and O–H groups in total. The molecule has 2 unspecified atom stereocenters. The van der Waals surface area contributed by atoms with E-state index in [1.807, 2.05) is 0 Å². The zero-order valence-corrected chi connectivity index (χ0v) is 13.9. The maximum atomic E-state index is 6.81. The third-order valence-corrected chi connectivity index (χ3v) is 5.65. The Labute approximate surface area is 126 Å². The quantitative estimate of drug-likeness (QED) is 0.772. The van der Waals surface area contributed by atoms with Gasteiger partial charge in [0, 0.05) is 6.54 Å². The third-order valence-electron chi connectivity index (χ3n) is 5.65. The lowest BCUT2D eigenvalue weighted by Crippen LogP contribution is -2.49. The average Bonchev–Trinajstić information content (AvgIpc) is 2.49. The summed E-state index contributed by atoms with van der Waals surface area (Å²) in [5.74, 6) is 1.70. The fourth-order valence-electron chi connectivity index (χ4n) is 4.09. The van der Waals surface area contributed by atoms with E-state index in [0.717, 1.165) is 24.9 Å². The molecule has 118 valence electrons. The van der Waals surface area contributed by atoms with Gasteiger partial charge >= 0.3 is 0 Å². The molecular weight excluding hydrogens is 246 g/mol. The molecule has 2 heteroatoms. The van der Waals surface area contributed by atoms with Crippen LogP contribution in [0.5, 0.6) is 0 Å². The lowest BCUT2D eigenvalue weighted by Gasteiger charge is -2.45. The van der Waals surface area contributed by atoms with E-state index in [1.54, 1.807) is 0 Å². The van der Waals surface area contributed by atoms with Gasteiger partial charge in [0.2, 0.25) is 0 Å². The first kappa shape index (κ1) is 16.3. The zero-order chi connectivity index (χ0) is 14.4. The number of rotatable bonds is 6. The van der Waals surface area contributed by atoms with E-state index in [2.05, 4.69) is 26.1 Å². The Kier molecular flexibility index (Phi) is 6.35. The van der Waals surface area contributed by atoms with Crippen molar-refractivity contribution in [3.63, 3.8) is 0 Å². The highest BCUT2D eigenvalue weighted by Gasteiger charge is 2.39. The van der Waals surface area contributed by atoms with Crippen LogP contribution in [0.1, 0.15) is 78.6 Å². The molecule has 0 radical (unpaired) electrons. The van der Waals surface area contributed by atoms with Gasteiger partial charge in [-0.25, -0.2) is 0 Å². The fraction of sp³-hybridized carbons (Fsp3) is 1.00. The Morgan fingerprint density at radius 2 is 1.75 bits per heavy atom. The minimum absolute atomic E-state index is 0.137. The molecule has 2 nitrogen and oxygen atoms in total. The maximum Gasteiger partial charge on any atom is 0.0810 e. The number of nitrogens with one attached hydrogen (secondary N) is 1. The maximum absolute atomic E-state index is 6.81. The van der Waals surface area contributed by atoms with Crippen LogP contribution in [0.2, 0.25) is 0 Å². The summed E-state index contributed by atoms with van der Waals surface area (Å²) in [4.78, 5) is 0. The van der Waals surface area contributed by atoms with Crippen LogP contribution in [0.4, 0.5) is 0 Å². The van der Waals surface area contributed by atoms with Crippen LogP contribution in [0.3, 0.4) is 0 Å². The Hall–Kier alpha value is -0.0800. The van der Waals surface area contributed by atoms with E-state index in [9.17, 15) is 0 Å². The number of ether oxygens (including phenoxy) is 1. The van der Waals surface area contributed by atoms with Crippen LogP contribution >= 0.6 is 0 Å². The van der Waals surface area contributed by atoms with E-state index in [-0.39, 0.29) is 5.60 Å². The summed E-state index contributed by atoms with van der Waals surface area (Å²) >= 11 is 0. The predicted octanol–water partition coefficient (Wildman–Crippen LogP) is 4.53. The molecule has 2 aliphatic rings. The van der Waals surface area contributed by atoms with Gasteiger partial charge in [-0.05, 0) is 56.9 Å². The standard InChI is InChI=1S/C18H35NO/c1-4-16-8-6-7-9-17(16)20-18(14-19-5-2)12-10-15(3)11-13-18/h15-17,19H,4-14H2,1-3H3. The lowest BCUT2D eigenvalue weighted by atomic mass is 9.78. The first-order valence-corrected chi connectivity index (χ1v) is 9.07. The van der Waals surface area contributed by atoms with Crippen molar-refractivity contribution in [1.29, 1.82) is 0 Å². The normalized spacial score (nSPS) is 38.9. The first-order chi connectivity index (χ1) is 9.69.